The summed E-state index contributed by atoms with van der Waals surface area (Å²) in [7, 11) is -1.75. The molecule has 0 aliphatic carbocycles. The van der Waals surface area contributed by atoms with E-state index in [9.17, 15) is 8.42 Å². The molecule has 6 heteroatoms. The minimum atomic E-state index is -3.53. The Morgan fingerprint density at radius 1 is 1.39 bits per heavy atom. The second kappa shape index (κ2) is 5.42. The molecule has 0 bridgehead atoms. The van der Waals surface area contributed by atoms with Gasteiger partial charge in [-0.05, 0) is 34.2 Å². The van der Waals surface area contributed by atoms with Gasteiger partial charge < -0.3 is 9.73 Å². The molecule has 1 aromatic rings. The lowest BCUT2D eigenvalue weighted by atomic mass is 10.0. The number of rotatable bonds is 6. The van der Waals surface area contributed by atoms with E-state index in [4.69, 9.17) is 4.42 Å². The molecule has 0 fully saturated rings. The largest absolute Gasteiger partial charge is 0.464 e. The third-order valence-corrected chi connectivity index (χ3v) is 4.66. The highest BCUT2D eigenvalue weighted by atomic mass is 32.2. The summed E-state index contributed by atoms with van der Waals surface area (Å²) in [4.78, 5) is 0.217. The molecule has 0 aliphatic heterocycles. The molecule has 1 aromatic heterocycles. The Balaban J connectivity index is 3.05. The van der Waals surface area contributed by atoms with E-state index < -0.39 is 15.6 Å². The molecule has 0 spiro atoms. The monoisotopic (exact) mass is 274 g/mol. The Morgan fingerprint density at radius 3 is 2.50 bits per heavy atom. The molecule has 104 valence electrons. The minimum absolute atomic E-state index is 0.217. The SMILES string of the molecule is CCC(C)(C)NS(=O)(=O)c1cc(CNC)oc1C. The van der Waals surface area contributed by atoms with Crippen LogP contribution in [0.2, 0.25) is 0 Å². The second-order valence-corrected chi connectivity index (χ2v) is 6.66. The first-order chi connectivity index (χ1) is 8.22. The molecule has 1 heterocycles. The lowest BCUT2D eigenvalue weighted by molar-refractivity contribution is 0.437. The highest BCUT2D eigenvalue weighted by molar-refractivity contribution is 7.89. The van der Waals surface area contributed by atoms with Crippen LogP contribution in [0.1, 0.15) is 38.7 Å². The zero-order chi connectivity index (χ0) is 14.0. The van der Waals surface area contributed by atoms with Crippen LogP contribution < -0.4 is 10.0 Å². The van der Waals surface area contributed by atoms with E-state index in [-0.39, 0.29) is 4.90 Å². The Kier molecular flexibility index (Phi) is 4.58. The van der Waals surface area contributed by atoms with Crippen LogP contribution in [0.4, 0.5) is 0 Å². The Bertz CT molecular complexity index is 503. The molecule has 18 heavy (non-hydrogen) atoms. The molecule has 0 saturated carbocycles. The molecule has 0 aliphatic rings. The fraction of sp³-hybridized carbons (Fsp3) is 0.667. The van der Waals surface area contributed by atoms with E-state index in [1.807, 2.05) is 20.8 Å². The van der Waals surface area contributed by atoms with Crippen molar-refractivity contribution in [2.24, 2.45) is 0 Å². The second-order valence-electron chi connectivity index (χ2n) is 5.01. The van der Waals surface area contributed by atoms with Crippen LogP contribution in [0.5, 0.6) is 0 Å². The van der Waals surface area contributed by atoms with Gasteiger partial charge >= 0.3 is 0 Å². The molecule has 0 radical (unpaired) electrons. The summed E-state index contributed by atoms with van der Waals surface area (Å²) in [6, 6.07) is 1.57. The summed E-state index contributed by atoms with van der Waals surface area (Å²) in [5.41, 5.74) is -0.467. The van der Waals surface area contributed by atoms with Gasteiger partial charge in [-0.2, -0.15) is 0 Å². The van der Waals surface area contributed by atoms with Crippen molar-refractivity contribution < 1.29 is 12.8 Å². The minimum Gasteiger partial charge on any atom is -0.464 e. The smallest absolute Gasteiger partial charge is 0.244 e. The van der Waals surface area contributed by atoms with Crippen LogP contribution in [-0.4, -0.2) is 21.0 Å². The third kappa shape index (κ3) is 3.57. The highest BCUT2D eigenvalue weighted by Gasteiger charge is 2.27. The summed E-state index contributed by atoms with van der Waals surface area (Å²) >= 11 is 0. The van der Waals surface area contributed by atoms with Gasteiger partial charge in [0, 0.05) is 11.6 Å². The quantitative estimate of drug-likeness (QED) is 0.829. The van der Waals surface area contributed by atoms with Crippen molar-refractivity contribution >= 4 is 10.0 Å². The van der Waals surface area contributed by atoms with Crippen molar-refractivity contribution in [1.29, 1.82) is 0 Å². The Labute approximate surface area is 109 Å². The van der Waals surface area contributed by atoms with Gasteiger partial charge in [0.1, 0.15) is 16.4 Å². The van der Waals surface area contributed by atoms with Gasteiger partial charge in [0.25, 0.3) is 0 Å². The van der Waals surface area contributed by atoms with Crippen LogP contribution >= 0.6 is 0 Å². The molecule has 0 aromatic carbocycles. The van der Waals surface area contributed by atoms with Gasteiger partial charge in [0.2, 0.25) is 10.0 Å². The molecule has 0 unspecified atom stereocenters. The third-order valence-electron chi connectivity index (χ3n) is 2.86. The van der Waals surface area contributed by atoms with E-state index in [0.717, 1.165) is 0 Å². The predicted molar refractivity (Wildman–Crippen MR) is 70.9 cm³/mol. The van der Waals surface area contributed by atoms with E-state index in [1.54, 1.807) is 20.0 Å². The topological polar surface area (TPSA) is 71.3 Å². The zero-order valence-electron chi connectivity index (χ0n) is 11.6. The Hall–Kier alpha value is -0.850. The number of aryl methyl sites for hydroxylation is 1. The number of hydrogen-bond acceptors (Lipinski definition) is 4. The van der Waals surface area contributed by atoms with Crippen molar-refractivity contribution in [1.82, 2.24) is 10.0 Å². The van der Waals surface area contributed by atoms with Crippen LogP contribution in [-0.2, 0) is 16.6 Å². The average molecular weight is 274 g/mol. The number of hydrogen-bond donors (Lipinski definition) is 2. The van der Waals surface area contributed by atoms with Gasteiger partial charge in [-0.15, -0.1) is 0 Å². The normalized spacial score (nSPS) is 12.9. The maximum Gasteiger partial charge on any atom is 0.244 e. The summed E-state index contributed by atoms with van der Waals surface area (Å²) in [6.07, 6.45) is 0.715. The van der Waals surface area contributed by atoms with Crippen LogP contribution in [0, 0.1) is 6.92 Å². The van der Waals surface area contributed by atoms with E-state index in [0.29, 0.717) is 24.5 Å². The van der Waals surface area contributed by atoms with Crippen molar-refractivity contribution in [2.45, 2.75) is 51.1 Å². The molecule has 0 atom stereocenters. The molecule has 0 amide bonds. The fourth-order valence-corrected chi connectivity index (χ4v) is 3.23. The first-order valence-corrected chi connectivity index (χ1v) is 7.48. The summed E-state index contributed by atoms with van der Waals surface area (Å²) in [5, 5.41) is 2.93. The fourth-order valence-electron chi connectivity index (χ4n) is 1.54. The van der Waals surface area contributed by atoms with Gasteiger partial charge in [0.05, 0.1) is 6.54 Å². The van der Waals surface area contributed by atoms with Crippen molar-refractivity contribution in [3.8, 4) is 0 Å². The number of furan rings is 1. The summed E-state index contributed by atoms with van der Waals surface area (Å²) in [6.45, 7) is 7.82. The van der Waals surface area contributed by atoms with Crippen LogP contribution in [0.3, 0.4) is 0 Å². The van der Waals surface area contributed by atoms with Gasteiger partial charge in [-0.3, -0.25) is 0 Å². The van der Waals surface area contributed by atoms with E-state index >= 15 is 0 Å². The maximum absolute atomic E-state index is 12.3. The first-order valence-electron chi connectivity index (χ1n) is 5.99. The lowest BCUT2D eigenvalue weighted by Crippen LogP contribution is -2.42. The molecule has 5 nitrogen and oxygen atoms in total. The molecule has 1 rings (SSSR count). The van der Waals surface area contributed by atoms with Crippen LogP contribution in [0.25, 0.3) is 0 Å². The van der Waals surface area contributed by atoms with Crippen LogP contribution in [0.15, 0.2) is 15.4 Å². The Morgan fingerprint density at radius 2 is 2.00 bits per heavy atom. The van der Waals surface area contributed by atoms with Crippen molar-refractivity contribution in [3.63, 3.8) is 0 Å². The standard InChI is InChI=1S/C12H22N2O3S/c1-6-12(3,4)14-18(15,16)11-7-10(8-13-5)17-9(11)2/h7,13-14H,6,8H2,1-5H3. The zero-order valence-corrected chi connectivity index (χ0v) is 12.4. The predicted octanol–water partition coefficient (Wildman–Crippen LogP) is 1.77. The number of sulfonamides is 1. The highest BCUT2D eigenvalue weighted by Crippen LogP contribution is 2.22. The molecule has 0 saturated heterocycles. The molecular weight excluding hydrogens is 252 g/mol. The van der Waals surface area contributed by atoms with Gasteiger partial charge in [-0.25, -0.2) is 13.1 Å². The molecule has 2 N–H and O–H groups in total. The van der Waals surface area contributed by atoms with E-state index in [2.05, 4.69) is 10.0 Å². The lowest BCUT2D eigenvalue weighted by Gasteiger charge is -2.23. The van der Waals surface area contributed by atoms with Gasteiger partial charge in [0.15, 0.2) is 0 Å². The van der Waals surface area contributed by atoms with Crippen molar-refractivity contribution in [3.05, 3.63) is 17.6 Å². The summed E-state index contributed by atoms with van der Waals surface area (Å²) < 4.78 is 32.6. The molecular formula is C12H22N2O3S. The van der Waals surface area contributed by atoms with E-state index in [1.165, 1.54) is 0 Å². The summed E-state index contributed by atoms with van der Waals surface area (Å²) in [5.74, 6) is 1.03. The van der Waals surface area contributed by atoms with Crippen molar-refractivity contribution in [2.75, 3.05) is 7.05 Å². The van der Waals surface area contributed by atoms with Gasteiger partial charge in [-0.1, -0.05) is 6.92 Å². The number of nitrogens with one attached hydrogen (secondary N) is 2. The first kappa shape index (κ1) is 15.2. The maximum atomic E-state index is 12.3. The average Bonchev–Trinajstić information content (AvgIpc) is 2.59.